The number of hydrogen-bond acceptors (Lipinski definition) is 2. The number of aromatic nitrogens is 1. The van der Waals surface area contributed by atoms with E-state index in [2.05, 4.69) is 47.1 Å². The Labute approximate surface area is 160 Å². The van der Waals surface area contributed by atoms with Gasteiger partial charge in [-0.2, -0.15) is 0 Å². The van der Waals surface area contributed by atoms with E-state index in [0.29, 0.717) is 5.92 Å². The van der Waals surface area contributed by atoms with Gasteiger partial charge in [-0.15, -0.1) is 11.3 Å². The van der Waals surface area contributed by atoms with Crippen LogP contribution in [0.3, 0.4) is 0 Å². The van der Waals surface area contributed by atoms with Crippen LogP contribution in [0.1, 0.15) is 102 Å². The van der Waals surface area contributed by atoms with Crippen molar-refractivity contribution in [3.05, 3.63) is 16.1 Å². The fourth-order valence-corrected chi connectivity index (χ4v) is 6.89. The van der Waals surface area contributed by atoms with E-state index in [0.717, 1.165) is 41.4 Å². The first-order valence-electron chi connectivity index (χ1n) is 10.8. The minimum Gasteiger partial charge on any atom is -0.249 e. The fourth-order valence-electron chi connectivity index (χ4n) is 5.84. The van der Waals surface area contributed by atoms with Crippen molar-refractivity contribution in [3.8, 4) is 0 Å². The summed E-state index contributed by atoms with van der Waals surface area (Å²) in [5.74, 6) is 6.45. The zero-order chi connectivity index (χ0) is 18.1. The van der Waals surface area contributed by atoms with Crippen LogP contribution in [0, 0.1) is 35.5 Å². The molecule has 25 heavy (non-hydrogen) atoms. The van der Waals surface area contributed by atoms with Crippen molar-refractivity contribution in [1.82, 2.24) is 4.98 Å². The van der Waals surface area contributed by atoms with Gasteiger partial charge in [-0.25, -0.2) is 4.98 Å². The molecule has 0 N–H and O–H groups in total. The van der Waals surface area contributed by atoms with Gasteiger partial charge in [-0.05, 0) is 67.1 Å². The summed E-state index contributed by atoms with van der Waals surface area (Å²) in [6, 6.07) is 0. The van der Waals surface area contributed by atoms with Gasteiger partial charge in [-0.1, -0.05) is 54.4 Å². The molecule has 1 nitrogen and oxygen atoms in total. The van der Waals surface area contributed by atoms with Crippen LogP contribution < -0.4 is 0 Å². The van der Waals surface area contributed by atoms with Crippen molar-refractivity contribution in [2.45, 2.75) is 91.9 Å². The Morgan fingerprint density at radius 3 is 1.92 bits per heavy atom. The Morgan fingerprint density at radius 1 is 0.840 bits per heavy atom. The first kappa shape index (κ1) is 19.4. The summed E-state index contributed by atoms with van der Waals surface area (Å²) in [6.07, 6.45) is 8.38. The van der Waals surface area contributed by atoms with Gasteiger partial charge in [0.2, 0.25) is 0 Å². The lowest BCUT2D eigenvalue weighted by molar-refractivity contribution is 0.183. The molecule has 1 aromatic heterocycles. The minimum absolute atomic E-state index is 0.704. The molecule has 1 heterocycles. The summed E-state index contributed by atoms with van der Waals surface area (Å²) in [6.45, 7) is 14.7. The molecule has 6 atom stereocenters. The Morgan fingerprint density at radius 2 is 1.36 bits per heavy atom. The van der Waals surface area contributed by atoms with E-state index in [1.54, 1.807) is 4.88 Å². The van der Waals surface area contributed by atoms with Crippen LogP contribution in [0.4, 0.5) is 0 Å². The summed E-state index contributed by atoms with van der Waals surface area (Å²) < 4.78 is 0. The molecule has 0 spiro atoms. The second kappa shape index (κ2) is 8.11. The second-order valence-electron chi connectivity index (χ2n) is 9.97. The molecule has 2 fully saturated rings. The van der Waals surface area contributed by atoms with E-state index >= 15 is 0 Å². The van der Waals surface area contributed by atoms with Crippen LogP contribution in [0.15, 0.2) is 5.51 Å². The molecule has 2 heteroatoms. The predicted octanol–water partition coefficient (Wildman–Crippen LogP) is 7.49. The molecule has 0 bridgehead atoms. The number of nitrogens with zero attached hydrogens (tertiary/aromatic N) is 1. The van der Waals surface area contributed by atoms with Gasteiger partial charge in [0, 0.05) is 10.8 Å². The van der Waals surface area contributed by atoms with Crippen LogP contribution in [-0.4, -0.2) is 4.98 Å². The van der Waals surface area contributed by atoms with Gasteiger partial charge in [0.15, 0.2) is 0 Å². The lowest BCUT2D eigenvalue weighted by Crippen LogP contribution is -2.30. The maximum Gasteiger partial charge on any atom is 0.0797 e. The Balaban J connectivity index is 1.92. The highest BCUT2D eigenvalue weighted by atomic mass is 32.1. The van der Waals surface area contributed by atoms with Crippen LogP contribution in [0.2, 0.25) is 0 Å². The largest absolute Gasteiger partial charge is 0.249 e. The number of rotatable bonds is 4. The highest BCUT2D eigenvalue weighted by Crippen LogP contribution is 2.51. The van der Waals surface area contributed by atoms with E-state index in [-0.39, 0.29) is 0 Å². The van der Waals surface area contributed by atoms with Crippen LogP contribution in [0.25, 0.3) is 0 Å². The van der Waals surface area contributed by atoms with Crippen molar-refractivity contribution in [2.24, 2.45) is 35.5 Å². The van der Waals surface area contributed by atoms with E-state index in [4.69, 9.17) is 4.98 Å². The molecule has 3 rings (SSSR count). The first-order chi connectivity index (χ1) is 11.9. The maximum atomic E-state index is 5.02. The lowest BCUT2D eigenvalue weighted by Gasteiger charge is -2.40. The number of thiazole rings is 1. The molecule has 142 valence electrons. The first-order valence-corrected chi connectivity index (χ1v) is 11.7. The van der Waals surface area contributed by atoms with Crippen LogP contribution in [-0.2, 0) is 0 Å². The van der Waals surface area contributed by atoms with Crippen molar-refractivity contribution in [3.63, 3.8) is 0 Å². The van der Waals surface area contributed by atoms with Crippen LogP contribution >= 0.6 is 11.3 Å². The van der Waals surface area contributed by atoms with E-state index < -0.39 is 0 Å². The standard InChI is InChI=1S/C23H39NS/c1-14(2)18-9-7-16(5)11-20(18)22-23(25-13-24-22)21-12-17(6)8-10-19(21)15(3)4/h13-21H,7-12H2,1-6H3. The third-order valence-corrected chi connectivity index (χ3v) is 8.33. The quantitative estimate of drug-likeness (QED) is 0.541. The van der Waals surface area contributed by atoms with E-state index in [9.17, 15) is 0 Å². The molecule has 1 aromatic rings. The molecular formula is C23H39NS. The molecule has 2 aliphatic carbocycles. The van der Waals surface area contributed by atoms with Gasteiger partial charge in [0.05, 0.1) is 11.2 Å². The SMILES string of the molecule is CC1CCC(C(C)C)C(c2ncsc2C2CC(C)CCC2C(C)C)C1. The molecule has 0 radical (unpaired) electrons. The summed E-state index contributed by atoms with van der Waals surface area (Å²) >= 11 is 1.98. The average Bonchev–Trinajstić information content (AvgIpc) is 3.03. The van der Waals surface area contributed by atoms with E-state index in [1.165, 1.54) is 44.2 Å². The average molecular weight is 362 g/mol. The van der Waals surface area contributed by atoms with E-state index in [1.807, 2.05) is 11.3 Å². The lowest BCUT2D eigenvalue weighted by atomic mass is 9.65. The highest BCUT2D eigenvalue weighted by molar-refractivity contribution is 7.09. The minimum atomic E-state index is 0.704. The molecule has 0 amide bonds. The second-order valence-corrected chi connectivity index (χ2v) is 10.9. The van der Waals surface area contributed by atoms with Crippen molar-refractivity contribution < 1.29 is 0 Å². The third-order valence-electron chi connectivity index (χ3n) is 7.36. The predicted molar refractivity (Wildman–Crippen MR) is 110 cm³/mol. The molecule has 2 saturated carbocycles. The monoisotopic (exact) mass is 361 g/mol. The van der Waals surface area contributed by atoms with Crippen molar-refractivity contribution in [2.75, 3.05) is 0 Å². The summed E-state index contributed by atoms with van der Waals surface area (Å²) in [4.78, 5) is 6.70. The third kappa shape index (κ3) is 4.15. The molecular weight excluding hydrogens is 322 g/mol. The van der Waals surface area contributed by atoms with Gasteiger partial charge in [-0.3, -0.25) is 0 Å². The van der Waals surface area contributed by atoms with Gasteiger partial charge in [0.25, 0.3) is 0 Å². The highest BCUT2D eigenvalue weighted by Gasteiger charge is 2.39. The van der Waals surface area contributed by atoms with Gasteiger partial charge < -0.3 is 0 Å². The fraction of sp³-hybridized carbons (Fsp3) is 0.870. The molecule has 6 unspecified atom stereocenters. The Bertz CT molecular complexity index is 500. The molecule has 2 aliphatic rings. The maximum absolute atomic E-state index is 5.02. The molecule has 0 aliphatic heterocycles. The zero-order valence-electron chi connectivity index (χ0n) is 17.3. The smallest absolute Gasteiger partial charge is 0.0797 e. The van der Waals surface area contributed by atoms with Crippen LogP contribution in [0.5, 0.6) is 0 Å². The van der Waals surface area contributed by atoms with Gasteiger partial charge in [0.1, 0.15) is 0 Å². The molecule has 0 aromatic carbocycles. The summed E-state index contributed by atoms with van der Waals surface area (Å²) in [5, 5.41) is 0. The Kier molecular flexibility index (Phi) is 6.29. The van der Waals surface area contributed by atoms with Crippen molar-refractivity contribution >= 4 is 11.3 Å². The Hall–Kier alpha value is -0.370. The summed E-state index contributed by atoms with van der Waals surface area (Å²) in [7, 11) is 0. The zero-order valence-corrected chi connectivity index (χ0v) is 18.1. The summed E-state index contributed by atoms with van der Waals surface area (Å²) in [5.41, 5.74) is 3.68. The normalized spacial score (nSPS) is 37.0. The van der Waals surface area contributed by atoms with Gasteiger partial charge >= 0.3 is 0 Å². The topological polar surface area (TPSA) is 12.9 Å². The van der Waals surface area contributed by atoms with Crippen molar-refractivity contribution in [1.29, 1.82) is 0 Å². The number of hydrogen-bond donors (Lipinski definition) is 0. The molecule has 0 saturated heterocycles.